The summed E-state index contributed by atoms with van der Waals surface area (Å²) >= 11 is 0. The van der Waals surface area contributed by atoms with E-state index in [0.29, 0.717) is 45.3 Å². The first-order valence-corrected chi connectivity index (χ1v) is 16.6. The number of carbonyl (C=O) groups excluding carboxylic acids is 4. The lowest BCUT2D eigenvalue weighted by Crippen LogP contribution is -2.61. The average molecular weight is 650 g/mol. The van der Waals surface area contributed by atoms with E-state index in [2.05, 4.69) is 21.0 Å². The van der Waals surface area contributed by atoms with Crippen LogP contribution >= 0.6 is 0 Å². The molecule has 2 fully saturated rings. The van der Waals surface area contributed by atoms with E-state index in [1.807, 2.05) is 50.3 Å². The predicted molar refractivity (Wildman–Crippen MR) is 175 cm³/mol. The molecule has 6 atom stereocenters. The number of fused-ring (bicyclic) bond motifs is 4. The van der Waals surface area contributed by atoms with Crippen LogP contribution < -0.4 is 16.1 Å². The van der Waals surface area contributed by atoms with Crippen LogP contribution in [0, 0.1) is 11.8 Å². The van der Waals surface area contributed by atoms with E-state index in [-0.39, 0.29) is 30.6 Å². The van der Waals surface area contributed by atoms with Gasteiger partial charge in [-0.3, -0.25) is 29.2 Å². The molecule has 3 N–H and O–H groups in total. The number of aromatic nitrogens is 1. The number of ether oxygens (including phenoxy) is 3. The number of benzene rings is 1. The molecule has 47 heavy (non-hydrogen) atoms. The van der Waals surface area contributed by atoms with Crippen molar-refractivity contribution in [3.05, 3.63) is 47.8 Å². The van der Waals surface area contributed by atoms with E-state index in [0.717, 1.165) is 22.0 Å². The average Bonchev–Trinajstić information content (AvgIpc) is 3.49. The highest BCUT2D eigenvalue weighted by atomic mass is 16.7. The number of nitrogens with one attached hydrogen (secondary N) is 3. The third kappa shape index (κ3) is 8.54. The van der Waals surface area contributed by atoms with E-state index in [4.69, 9.17) is 14.2 Å². The van der Waals surface area contributed by atoms with Gasteiger partial charge in [0.2, 0.25) is 5.91 Å². The predicted octanol–water partition coefficient (Wildman–Crippen LogP) is 3.56. The van der Waals surface area contributed by atoms with Gasteiger partial charge in [-0.2, -0.15) is 0 Å². The van der Waals surface area contributed by atoms with Gasteiger partial charge in [-0.05, 0) is 88.0 Å². The molecule has 254 valence electrons. The normalized spacial score (nSPS) is 29.8. The van der Waals surface area contributed by atoms with Crippen molar-refractivity contribution >= 4 is 40.5 Å². The van der Waals surface area contributed by atoms with Crippen LogP contribution in [0.4, 0.5) is 0 Å². The highest BCUT2D eigenvalue weighted by molar-refractivity contribution is 5.91. The van der Waals surface area contributed by atoms with Crippen molar-refractivity contribution in [1.82, 2.24) is 26.1 Å². The minimum Gasteiger partial charge on any atom is -0.452 e. The first-order chi connectivity index (χ1) is 22.4. The summed E-state index contributed by atoms with van der Waals surface area (Å²) in [5, 5.41) is 9.15. The first-order valence-electron chi connectivity index (χ1n) is 16.6. The van der Waals surface area contributed by atoms with Gasteiger partial charge in [0, 0.05) is 18.1 Å². The van der Waals surface area contributed by atoms with Crippen LogP contribution in [0.1, 0.15) is 84.0 Å². The van der Waals surface area contributed by atoms with Gasteiger partial charge >= 0.3 is 5.97 Å². The van der Waals surface area contributed by atoms with Crippen molar-refractivity contribution in [2.24, 2.45) is 11.8 Å². The van der Waals surface area contributed by atoms with Gasteiger partial charge in [-0.25, -0.2) is 5.43 Å². The molecule has 0 spiro atoms. The maximum atomic E-state index is 13.7. The molecule has 3 amide bonds. The molecule has 1 unspecified atom stereocenters. The molecule has 3 aliphatic rings. The molecule has 3 aliphatic heterocycles. The standard InChI is InChI=1S/C35H47N5O7/c1-21(2)30-32(42)38-23(4)33(43)40-15-7-10-29(39-40)31(41)37-22(3)25-11-12-26-18-36-28(17-27(26)16-25)9-6-8-24(34(44)47-30)13-14-35(5)19-45-20-46-35/h6,9,11-12,16-18,21-24,29-30,39H,7-8,10,13-15,19-20H2,1-5H3,(H,37,41)(H,38,42)/t22-,23+,24+,29+,30+,35?/m1/s1. The molecule has 0 aliphatic carbocycles. The maximum Gasteiger partial charge on any atom is 0.310 e. The molecule has 2 aromatic rings. The van der Waals surface area contributed by atoms with Crippen molar-refractivity contribution in [2.75, 3.05) is 19.9 Å². The molecule has 4 heterocycles. The van der Waals surface area contributed by atoms with E-state index in [1.165, 1.54) is 5.01 Å². The number of hydrazine groups is 1. The monoisotopic (exact) mass is 649 g/mol. The highest BCUT2D eigenvalue weighted by Crippen LogP contribution is 2.28. The zero-order valence-corrected chi connectivity index (χ0v) is 27.9. The number of carbonyl (C=O) groups is 4. The SMILES string of the molecule is CC(C)[C@@H]1OC(=O)[C@H](CCC2(C)COCO2)CC=Cc2cc3cc(ccc3cn2)[C@@H](C)NC(=O)[C@@H]2CCCN(N2)C(=O)[C@H](C)NC1=O. The minimum absolute atomic E-state index is 0.213. The smallest absolute Gasteiger partial charge is 0.310 e. The summed E-state index contributed by atoms with van der Waals surface area (Å²) in [7, 11) is 0. The zero-order valence-electron chi connectivity index (χ0n) is 27.9. The van der Waals surface area contributed by atoms with E-state index >= 15 is 0 Å². The van der Waals surface area contributed by atoms with Crippen LogP contribution in [-0.4, -0.2) is 77.4 Å². The van der Waals surface area contributed by atoms with E-state index < -0.39 is 41.6 Å². The van der Waals surface area contributed by atoms with Gasteiger partial charge in [-0.1, -0.05) is 32.1 Å². The molecule has 12 nitrogen and oxygen atoms in total. The summed E-state index contributed by atoms with van der Waals surface area (Å²) in [6, 6.07) is 6.16. The molecule has 1 aromatic heterocycles. The lowest BCUT2D eigenvalue weighted by molar-refractivity contribution is -0.163. The Balaban J connectivity index is 1.45. The van der Waals surface area contributed by atoms with Gasteiger partial charge in [0.05, 0.1) is 29.9 Å². The van der Waals surface area contributed by atoms with Gasteiger partial charge in [-0.15, -0.1) is 0 Å². The molecule has 0 radical (unpaired) electrons. The van der Waals surface area contributed by atoms with Crippen molar-refractivity contribution in [2.45, 2.75) is 96.6 Å². The third-order valence-corrected chi connectivity index (χ3v) is 9.19. The fourth-order valence-corrected chi connectivity index (χ4v) is 6.17. The number of esters is 1. The molecule has 12 heteroatoms. The molecule has 5 bridgehead atoms. The van der Waals surface area contributed by atoms with Crippen molar-refractivity contribution in [1.29, 1.82) is 0 Å². The summed E-state index contributed by atoms with van der Waals surface area (Å²) in [6.07, 6.45) is 7.05. The van der Waals surface area contributed by atoms with E-state index in [1.54, 1.807) is 27.0 Å². The van der Waals surface area contributed by atoms with Gasteiger partial charge in [0.15, 0.2) is 6.10 Å². The molecule has 0 saturated carbocycles. The first kappa shape index (κ1) is 34.5. The number of hydrogen-bond acceptors (Lipinski definition) is 9. The number of cyclic esters (lactones) is 1. The van der Waals surface area contributed by atoms with Crippen LogP contribution in [-0.2, 0) is 33.4 Å². The fourth-order valence-electron chi connectivity index (χ4n) is 6.17. The summed E-state index contributed by atoms with van der Waals surface area (Å²) < 4.78 is 17.1. The van der Waals surface area contributed by atoms with Crippen molar-refractivity contribution in [3.63, 3.8) is 0 Å². The van der Waals surface area contributed by atoms with Gasteiger partial charge in [0.1, 0.15) is 18.9 Å². The van der Waals surface area contributed by atoms with Crippen LogP contribution in [0.25, 0.3) is 16.8 Å². The number of amides is 3. The second-order valence-corrected chi connectivity index (χ2v) is 13.5. The number of rotatable bonds is 4. The fraction of sp³-hybridized carbons (Fsp3) is 0.571. The quantitative estimate of drug-likeness (QED) is 0.423. The second kappa shape index (κ2) is 14.9. The highest BCUT2D eigenvalue weighted by Gasteiger charge is 2.36. The molecular formula is C35H47N5O7. The van der Waals surface area contributed by atoms with E-state index in [9.17, 15) is 19.2 Å². The van der Waals surface area contributed by atoms with Gasteiger partial charge in [0.25, 0.3) is 11.8 Å². The Hall–Kier alpha value is -3.87. The Bertz CT molecular complexity index is 1500. The van der Waals surface area contributed by atoms with Crippen LogP contribution in [0.2, 0.25) is 0 Å². The number of allylic oxidation sites excluding steroid dienone is 1. The topological polar surface area (TPSA) is 148 Å². The second-order valence-electron chi connectivity index (χ2n) is 13.5. The van der Waals surface area contributed by atoms with Crippen LogP contribution in [0.5, 0.6) is 0 Å². The lowest BCUT2D eigenvalue weighted by Gasteiger charge is -2.35. The molecule has 5 rings (SSSR count). The Morgan fingerprint density at radius 1 is 1.04 bits per heavy atom. The minimum atomic E-state index is -1.10. The summed E-state index contributed by atoms with van der Waals surface area (Å²) in [6.45, 7) is 10.1. The van der Waals surface area contributed by atoms with Crippen LogP contribution in [0.15, 0.2) is 36.5 Å². The summed E-state index contributed by atoms with van der Waals surface area (Å²) in [5.74, 6) is -2.54. The third-order valence-electron chi connectivity index (χ3n) is 9.19. The number of pyridine rings is 1. The molecule has 1 aromatic carbocycles. The largest absolute Gasteiger partial charge is 0.452 e. The lowest BCUT2D eigenvalue weighted by atomic mass is 9.91. The molecule has 2 saturated heterocycles. The number of hydrogen-bond donors (Lipinski definition) is 3. The van der Waals surface area contributed by atoms with Crippen LogP contribution in [0.3, 0.4) is 0 Å². The Morgan fingerprint density at radius 3 is 2.57 bits per heavy atom. The Kier molecular flexibility index (Phi) is 10.9. The maximum absolute atomic E-state index is 13.7. The van der Waals surface area contributed by atoms with Gasteiger partial charge < -0.3 is 24.8 Å². The Morgan fingerprint density at radius 2 is 1.83 bits per heavy atom. The van der Waals surface area contributed by atoms with Crippen molar-refractivity contribution in [3.8, 4) is 0 Å². The zero-order chi connectivity index (χ0) is 33.7. The Labute approximate surface area is 275 Å². The number of nitrogens with zero attached hydrogens (tertiary/aromatic N) is 2. The van der Waals surface area contributed by atoms with Crippen molar-refractivity contribution < 1.29 is 33.4 Å². The summed E-state index contributed by atoms with van der Waals surface area (Å²) in [4.78, 5) is 58.4. The molecular weight excluding hydrogens is 602 g/mol. The summed E-state index contributed by atoms with van der Waals surface area (Å²) in [5.41, 5.74) is 4.21.